The quantitative estimate of drug-likeness (QED) is 0.591. The fraction of sp³-hybridized carbons (Fsp3) is 0.235. The lowest BCUT2D eigenvalue weighted by molar-refractivity contribution is 0.415. The molecular weight excluding hydrogens is 312 g/mol. The molecule has 0 bridgehead atoms. The van der Waals surface area contributed by atoms with Crippen molar-refractivity contribution in [3.63, 3.8) is 0 Å². The molecular formula is C17H17ClN4O. The maximum Gasteiger partial charge on any atom is 0.183 e. The van der Waals surface area contributed by atoms with Crippen molar-refractivity contribution in [2.45, 2.75) is 19.8 Å². The first-order chi connectivity index (χ1) is 11.1. The first-order valence-corrected chi connectivity index (χ1v) is 7.69. The fourth-order valence-corrected chi connectivity index (χ4v) is 2.43. The standard InChI is InChI=1S/C17H17ClN4O/c1-11(2)16-17(22-10-12(18)4-9-15(22)19-16)21-20-13-5-7-14(23-3)8-6-13/h4-11H,1-3H3. The Morgan fingerprint density at radius 1 is 1.09 bits per heavy atom. The van der Waals surface area contributed by atoms with E-state index in [4.69, 9.17) is 16.3 Å². The number of ether oxygens (including phenoxy) is 1. The van der Waals surface area contributed by atoms with Crippen molar-refractivity contribution in [3.05, 3.63) is 53.3 Å². The zero-order valence-electron chi connectivity index (χ0n) is 13.2. The topological polar surface area (TPSA) is 51.2 Å². The third-order valence-electron chi connectivity index (χ3n) is 3.46. The monoisotopic (exact) mass is 328 g/mol. The molecule has 0 atom stereocenters. The van der Waals surface area contributed by atoms with E-state index in [0.717, 1.165) is 22.8 Å². The Labute approximate surface area is 139 Å². The molecule has 0 radical (unpaired) electrons. The van der Waals surface area contributed by atoms with Gasteiger partial charge in [0.25, 0.3) is 0 Å². The lowest BCUT2D eigenvalue weighted by Crippen LogP contribution is -1.87. The van der Waals surface area contributed by atoms with Crippen molar-refractivity contribution in [2.75, 3.05) is 7.11 Å². The van der Waals surface area contributed by atoms with Crippen LogP contribution in [-0.4, -0.2) is 16.5 Å². The zero-order chi connectivity index (χ0) is 16.4. The highest BCUT2D eigenvalue weighted by Crippen LogP contribution is 2.30. The molecule has 0 spiro atoms. The van der Waals surface area contributed by atoms with E-state index in [9.17, 15) is 0 Å². The minimum absolute atomic E-state index is 0.235. The fourth-order valence-electron chi connectivity index (χ4n) is 2.27. The van der Waals surface area contributed by atoms with E-state index in [1.54, 1.807) is 13.3 Å². The van der Waals surface area contributed by atoms with Gasteiger partial charge in [-0.25, -0.2) is 4.98 Å². The van der Waals surface area contributed by atoms with E-state index in [0.29, 0.717) is 10.8 Å². The van der Waals surface area contributed by atoms with E-state index >= 15 is 0 Å². The van der Waals surface area contributed by atoms with E-state index < -0.39 is 0 Å². The van der Waals surface area contributed by atoms with Crippen molar-refractivity contribution in [2.24, 2.45) is 10.2 Å². The Bertz CT molecular complexity index is 853. The molecule has 0 fully saturated rings. The second-order valence-electron chi connectivity index (χ2n) is 5.45. The van der Waals surface area contributed by atoms with Crippen molar-refractivity contribution in [1.29, 1.82) is 0 Å². The number of pyridine rings is 1. The summed E-state index contributed by atoms with van der Waals surface area (Å²) in [7, 11) is 1.63. The van der Waals surface area contributed by atoms with E-state index in [1.807, 2.05) is 40.8 Å². The number of benzene rings is 1. The summed E-state index contributed by atoms with van der Waals surface area (Å²) in [5.74, 6) is 1.72. The van der Waals surface area contributed by atoms with Crippen LogP contribution in [0.25, 0.3) is 5.65 Å². The molecule has 2 heterocycles. The second-order valence-corrected chi connectivity index (χ2v) is 5.89. The Hall–Kier alpha value is -2.40. The summed E-state index contributed by atoms with van der Waals surface area (Å²) in [6.45, 7) is 4.16. The molecule has 6 heteroatoms. The van der Waals surface area contributed by atoms with Gasteiger partial charge in [0.15, 0.2) is 5.82 Å². The van der Waals surface area contributed by atoms with Gasteiger partial charge in [-0.15, -0.1) is 10.2 Å². The molecule has 3 aromatic rings. The normalized spacial score (nSPS) is 11.7. The lowest BCUT2D eigenvalue weighted by Gasteiger charge is -2.02. The average molecular weight is 329 g/mol. The summed E-state index contributed by atoms with van der Waals surface area (Å²) in [6.07, 6.45) is 1.80. The number of imidazole rings is 1. The van der Waals surface area contributed by atoms with Crippen LogP contribution in [0.2, 0.25) is 5.02 Å². The largest absolute Gasteiger partial charge is 0.497 e. The summed E-state index contributed by atoms with van der Waals surface area (Å²) in [6, 6.07) is 11.1. The van der Waals surface area contributed by atoms with Gasteiger partial charge >= 0.3 is 0 Å². The maximum atomic E-state index is 6.10. The van der Waals surface area contributed by atoms with Gasteiger partial charge in [-0.1, -0.05) is 25.4 Å². The predicted octanol–water partition coefficient (Wildman–Crippen LogP) is 5.54. The Morgan fingerprint density at radius 3 is 2.48 bits per heavy atom. The molecule has 0 saturated carbocycles. The van der Waals surface area contributed by atoms with Gasteiger partial charge in [-0.3, -0.25) is 4.40 Å². The van der Waals surface area contributed by atoms with Crippen LogP contribution in [0.1, 0.15) is 25.5 Å². The molecule has 1 aromatic carbocycles. The van der Waals surface area contributed by atoms with Crippen molar-refractivity contribution < 1.29 is 4.74 Å². The third kappa shape index (κ3) is 3.19. The van der Waals surface area contributed by atoms with E-state index in [-0.39, 0.29) is 5.92 Å². The highest BCUT2D eigenvalue weighted by molar-refractivity contribution is 6.30. The molecule has 0 amide bonds. The van der Waals surface area contributed by atoms with E-state index in [2.05, 4.69) is 29.1 Å². The molecule has 0 aliphatic rings. The number of aromatic nitrogens is 2. The number of hydrogen-bond acceptors (Lipinski definition) is 4. The van der Waals surface area contributed by atoms with Gasteiger partial charge in [0, 0.05) is 6.20 Å². The minimum atomic E-state index is 0.235. The van der Waals surface area contributed by atoms with Crippen LogP contribution >= 0.6 is 11.6 Å². The number of halogens is 1. The molecule has 0 aliphatic heterocycles. The minimum Gasteiger partial charge on any atom is -0.497 e. The highest BCUT2D eigenvalue weighted by atomic mass is 35.5. The van der Waals surface area contributed by atoms with Gasteiger partial charge in [0.05, 0.1) is 23.5 Å². The Balaban J connectivity index is 2.04. The zero-order valence-corrected chi connectivity index (χ0v) is 13.9. The lowest BCUT2D eigenvalue weighted by atomic mass is 10.1. The van der Waals surface area contributed by atoms with Gasteiger partial charge in [-0.2, -0.15) is 0 Å². The Morgan fingerprint density at radius 2 is 1.83 bits per heavy atom. The molecule has 2 aromatic heterocycles. The third-order valence-corrected chi connectivity index (χ3v) is 3.69. The smallest absolute Gasteiger partial charge is 0.183 e. The van der Waals surface area contributed by atoms with Crippen LogP contribution in [0.4, 0.5) is 11.5 Å². The second kappa shape index (κ2) is 6.38. The summed E-state index contributed by atoms with van der Waals surface area (Å²) in [5.41, 5.74) is 2.45. The summed E-state index contributed by atoms with van der Waals surface area (Å²) in [5, 5.41) is 9.35. The molecule has 3 rings (SSSR count). The number of nitrogens with zero attached hydrogens (tertiary/aromatic N) is 4. The summed E-state index contributed by atoms with van der Waals surface area (Å²) in [4.78, 5) is 4.62. The number of methoxy groups -OCH3 is 1. The van der Waals surface area contributed by atoms with Gasteiger partial charge < -0.3 is 4.74 Å². The number of rotatable bonds is 4. The van der Waals surface area contributed by atoms with Crippen molar-refractivity contribution in [1.82, 2.24) is 9.38 Å². The van der Waals surface area contributed by atoms with Crippen LogP contribution in [0.3, 0.4) is 0 Å². The summed E-state index contributed by atoms with van der Waals surface area (Å²) < 4.78 is 7.01. The Kier molecular flexibility index (Phi) is 4.30. The van der Waals surface area contributed by atoms with Crippen molar-refractivity contribution in [3.8, 4) is 5.75 Å². The molecule has 23 heavy (non-hydrogen) atoms. The van der Waals surface area contributed by atoms with Gasteiger partial charge in [0.2, 0.25) is 0 Å². The van der Waals surface area contributed by atoms with Crippen LogP contribution in [0.15, 0.2) is 52.8 Å². The summed E-state index contributed by atoms with van der Waals surface area (Å²) >= 11 is 6.10. The predicted molar refractivity (Wildman–Crippen MR) is 91.5 cm³/mol. The van der Waals surface area contributed by atoms with Crippen LogP contribution in [0, 0.1) is 0 Å². The number of fused-ring (bicyclic) bond motifs is 1. The first-order valence-electron chi connectivity index (χ1n) is 7.32. The van der Waals surface area contributed by atoms with Crippen molar-refractivity contribution >= 4 is 28.8 Å². The molecule has 0 saturated heterocycles. The molecule has 118 valence electrons. The van der Waals surface area contributed by atoms with Crippen LogP contribution in [-0.2, 0) is 0 Å². The first kappa shape index (κ1) is 15.5. The molecule has 0 unspecified atom stereocenters. The van der Waals surface area contributed by atoms with Crippen LogP contribution in [0.5, 0.6) is 5.75 Å². The molecule has 0 aliphatic carbocycles. The maximum absolute atomic E-state index is 6.10. The van der Waals surface area contributed by atoms with E-state index in [1.165, 1.54) is 0 Å². The number of hydrogen-bond donors (Lipinski definition) is 0. The number of azo groups is 1. The molecule has 5 nitrogen and oxygen atoms in total. The van der Waals surface area contributed by atoms with Gasteiger partial charge in [0.1, 0.15) is 11.4 Å². The van der Waals surface area contributed by atoms with Crippen LogP contribution < -0.4 is 4.74 Å². The molecule has 0 N–H and O–H groups in total. The SMILES string of the molecule is COc1ccc(N=Nc2c(C(C)C)nc3ccc(Cl)cn23)cc1. The average Bonchev–Trinajstić information content (AvgIpc) is 2.91. The van der Waals surface area contributed by atoms with Gasteiger partial charge in [-0.05, 0) is 42.3 Å². The highest BCUT2D eigenvalue weighted by Gasteiger charge is 2.15.